The third kappa shape index (κ3) is 4.06. The summed E-state index contributed by atoms with van der Waals surface area (Å²) in [4.78, 5) is 25.7. The Balaban J connectivity index is 1.66. The van der Waals surface area contributed by atoms with E-state index in [2.05, 4.69) is 10.4 Å². The highest BCUT2D eigenvalue weighted by molar-refractivity contribution is 5.92. The van der Waals surface area contributed by atoms with Crippen LogP contribution >= 0.6 is 0 Å². The number of aromatic nitrogens is 3. The number of rotatable bonds is 7. The molecule has 2 aromatic carbocycles. The van der Waals surface area contributed by atoms with E-state index >= 15 is 0 Å². The first kappa shape index (κ1) is 20.4. The normalized spacial score (nSPS) is 10.9. The van der Waals surface area contributed by atoms with Crippen molar-refractivity contribution in [2.24, 2.45) is 0 Å². The van der Waals surface area contributed by atoms with E-state index in [-0.39, 0.29) is 24.6 Å². The van der Waals surface area contributed by atoms with Gasteiger partial charge in [-0.3, -0.25) is 9.59 Å². The lowest BCUT2D eigenvalue weighted by atomic mass is 10.1. The second-order valence-electron chi connectivity index (χ2n) is 6.85. The Morgan fingerprint density at radius 2 is 1.84 bits per heavy atom. The van der Waals surface area contributed by atoms with Crippen LogP contribution < -0.4 is 15.6 Å². The number of benzene rings is 2. The van der Waals surface area contributed by atoms with Gasteiger partial charge in [0.1, 0.15) is 17.8 Å². The SMILES string of the molecule is CCOc1ccccc1NC(=O)Cn1ccn2nc(-c3ccccc3)c(CO)c2c1=O. The molecule has 0 saturated heterocycles. The van der Waals surface area contributed by atoms with E-state index in [0.717, 1.165) is 5.56 Å². The van der Waals surface area contributed by atoms with Crippen molar-refractivity contribution in [2.45, 2.75) is 20.1 Å². The van der Waals surface area contributed by atoms with E-state index in [1.165, 1.54) is 15.3 Å². The Hall–Kier alpha value is -3.91. The van der Waals surface area contributed by atoms with E-state index in [1.807, 2.05) is 43.3 Å². The summed E-state index contributed by atoms with van der Waals surface area (Å²) in [6, 6.07) is 16.5. The standard InChI is InChI=1S/C23H22N4O4/c1-2-31-19-11-7-6-10-18(19)24-20(29)14-26-12-13-27-22(23(26)30)17(15-28)21(25-27)16-8-4-3-5-9-16/h3-13,28H,2,14-15H2,1H3,(H,24,29). The molecule has 0 spiro atoms. The molecule has 0 aliphatic carbocycles. The second-order valence-corrected chi connectivity index (χ2v) is 6.85. The van der Waals surface area contributed by atoms with Gasteiger partial charge < -0.3 is 19.7 Å². The van der Waals surface area contributed by atoms with Gasteiger partial charge in [-0.25, -0.2) is 4.52 Å². The van der Waals surface area contributed by atoms with Gasteiger partial charge in [-0.2, -0.15) is 5.10 Å². The van der Waals surface area contributed by atoms with Crippen LogP contribution in [0.1, 0.15) is 12.5 Å². The number of amides is 1. The number of nitrogens with one attached hydrogen (secondary N) is 1. The molecule has 0 atom stereocenters. The molecule has 31 heavy (non-hydrogen) atoms. The maximum Gasteiger partial charge on any atom is 0.277 e. The molecule has 4 rings (SSSR count). The molecule has 0 fully saturated rings. The summed E-state index contributed by atoms with van der Waals surface area (Å²) in [7, 11) is 0. The lowest BCUT2D eigenvalue weighted by Gasteiger charge is -2.12. The minimum Gasteiger partial charge on any atom is -0.492 e. The number of aliphatic hydroxyl groups is 1. The second kappa shape index (κ2) is 8.85. The molecule has 0 aliphatic rings. The molecule has 8 nitrogen and oxygen atoms in total. The zero-order valence-electron chi connectivity index (χ0n) is 17.0. The van der Waals surface area contributed by atoms with Crippen LogP contribution in [0.25, 0.3) is 16.8 Å². The van der Waals surface area contributed by atoms with Gasteiger partial charge in [0.2, 0.25) is 5.91 Å². The number of hydrogen-bond donors (Lipinski definition) is 2. The first-order valence-corrected chi connectivity index (χ1v) is 9.91. The Bertz CT molecular complexity index is 1280. The summed E-state index contributed by atoms with van der Waals surface area (Å²) < 4.78 is 8.26. The van der Waals surface area contributed by atoms with E-state index in [9.17, 15) is 14.7 Å². The van der Waals surface area contributed by atoms with Crippen molar-refractivity contribution in [3.8, 4) is 17.0 Å². The van der Waals surface area contributed by atoms with Crippen LogP contribution in [0.4, 0.5) is 5.69 Å². The number of anilines is 1. The van der Waals surface area contributed by atoms with Crippen LogP contribution in [0.2, 0.25) is 0 Å². The van der Waals surface area contributed by atoms with Crippen molar-refractivity contribution in [1.82, 2.24) is 14.2 Å². The molecule has 0 aliphatic heterocycles. The topological polar surface area (TPSA) is 97.9 Å². The quantitative estimate of drug-likeness (QED) is 0.481. The molecule has 2 N–H and O–H groups in total. The Morgan fingerprint density at radius 3 is 2.58 bits per heavy atom. The summed E-state index contributed by atoms with van der Waals surface area (Å²) in [5.74, 6) is 0.193. The smallest absolute Gasteiger partial charge is 0.277 e. The van der Waals surface area contributed by atoms with Crippen molar-refractivity contribution >= 4 is 17.1 Å². The monoisotopic (exact) mass is 418 g/mol. The van der Waals surface area contributed by atoms with Gasteiger partial charge >= 0.3 is 0 Å². The first-order chi connectivity index (χ1) is 15.1. The molecule has 0 saturated carbocycles. The summed E-state index contributed by atoms with van der Waals surface area (Å²) in [5, 5.41) is 17.2. The molecule has 4 aromatic rings. The Kier molecular flexibility index (Phi) is 5.81. The van der Waals surface area contributed by atoms with E-state index in [4.69, 9.17) is 4.74 Å². The van der Waals surface area contributed by atoms with Gasteiger partial charge in [-0.15, -0.1) is 0 Å². The molecule has 158 valence electrons. The van der Waals surface area contributed by atoms with Crippen LogP contribution in [-0.2, 0) is 17.9 Å². The number of fused-ring (bicyclic) bond motifs is 1. The molecular formula is C23H22N4O4. The van der Waals surface area contributed by atoms with E-state index in [1.54, 1.807) is 24.4 Å². The van der Waals surface area contributed by atoms with Gasteiger partial charge in [0, 0.05) is 23.5 Å². The highest BCUT2D eigenvalue weighted by atomic mass is 16.5. The van der Waals surface area contributed by atoms with Crippen molar-refractivity contribution < 1.29 is 14.6 Å². The fourth-order valence-electron chi connectivity index (χ4n) is 3.45. The maximum absolute atomic E-state index is 13.1. The molecule has 2 heterocycles. The minimum absolute atomic E-state index is 0.188. The summed E-state index contributed by atoms with van der Waals surface area (Å²) >= 11 is 0. The van der Waals surface area contributed by atoms with Gasteiger partial charge in [-0.1, -0.05) is 42.5 Å². The lowest BCUT2D eigenvalue weighted by Crippen LogP contribution is -2.28. The fourth-order valence-corrected chi connectivity index (χ4v) is 3.45. The molecule has 8 heteroatoms. The van der Waals surface area contributed by atoms with Gasteiger partial charge in [0.05, 0.1) is 24.6 Å². The number of nitrogens with zero attached hydrogens (tertiary/aromatic N) is 3. The molecule has 0 bridgehead atoms. The molecular weight excluding hydrogens is 396 g/mol. The van der Waals surface area contributed by atoms with Crippen molar-refractivity contribution in [2.75, 3.05) is 11.9 Å². The van der Waals surface area contributed by atoms with Crippen LogP contribution in [-0.4, -0.2) is 31.8 Å². The number of para-hydroxylation sites is 2. The third-order valence-electron chi connectivity index (χ3n) is 4.84. The number of ether oxygens (including phenoxy) is 1. The lowest BCUT2D eigenvalue weighted by molar-refractivity contribution is -0.116. The van der Waals surface area contributed by atoms with Crippen molar-refractivity contribution in [1.29, 1.82) is 0 Å². The third-order valence-corrected chi connectivity index (χ3v) is 4.84. The average molecular weight is 418 g/mol. The van der Waals surface area contributed by atoms with Gasteiger partial charge in [0.15, 0.2) is 0 Å². The Labute approximate surface area is 178 Å². The molecule has 1 amide bonds. The van der Waals surface area contributed by atoms with Crippen LogP contribution in [0.3, 0.4) is 0 Å². The summed E-state index contributed by atoms with van der Waals surface area (Å²) in [5.41, 5.74) is 2.13. The zero-order valence-corrected chi connectivity index (χ0v) is 17.0. The van der Waals surface area contributed by atoms with Crippen LogP contribution in [0, 0.1) is 0 Å². The predicted molar refractivity (Wildman–Crippen MR) is 117 cm³/mol. The number of hydrogen-bond acceptors (Lipinski definition) is 5. The van der Waals surface area contributed by atoms with Crippen LogP contribution in [0.15, 0.2) is 71.8 Å². The highest BCUT2D eigenvalue weighted by Gasteiger charge is 2.18. The molecule has 2 aromatic heterocycles. The summed E-state index contributed by atoms with van der Waals surface area (Å²) in [6.07, 6.45) is 3.11. The van der Waals surface area contributed by atoms with E-state index < -0.39 is 5.56 Å². The van der Waals surface area contributed by atoms with E-state index in [0.29, 0.717) is 29.3 Å². The predicted octanol–water partition coefficient (Wildman–Crippen LogP) is 2.69. The van der Waals surface area contributed by atoms with Crippen molar-refractivity contribution in [3.05, 3.63) is 82.9 Å². The number of aliphatic hydroxyl groups excluding tert-OH is 1. The molecule has 0 radical (unpaired) electrons. The van der Waals surface area contributed by atoms with Crippen molar-refractivity contribution in [3.63, 3.8) is 0 Å². The largest absolute Gasteiger partial charge is 0.492 e. The summed E-state index contributed by atoms with van der Waals surface area (Å²) in [6.45, 7) is 1.80. The Morgan fingerprint density at radius 1 is 1.10 bits per heavy atom. The zero-order chi connectivity index (χ0) is 21.8. The fraction of sp³-hybridized carbons (Fsp3) is 0.174. The van der Waals surface area contributed by atoms with Crippen LogP contribution in [0.5, 0.6) is 5.75 Å². The average Bonchev–Trinajstić information content (AvgIpc) is 3.17. The maximum atomic E-state index is 13.1. The highest BCUT2D eigenvalue weighted by Crippen LogP contribution is 2.25. The number of carbonyl (C=O) groups excluding carboxylic acids is 1. The van der Waals surface area contributed by atoms with Gasteiger partial charge in [0.25, 0.3) is 5.56 Å². The first-order valence-electron chi connectivity index (χ1n) is 9.91. The molecule has 0 unspecified atom stereocenters. The van der Waals surface area contributed by atoms with Gasteiger partial charge in [-0.05, 0) is 19.1 Å². The number of carbonyl (C=O) groups is 1. The minimum atomic E-state index is -0.408.